The molecule has 0 saturated carbocycles. The predicted molar refractivity (Wildman–Crippen MR) is 115 cm³/mol. The Labute approximate surface area is 176 Å². The third-order valence-corrected chi connectivity index (χ3v) is 6.38. The number of fused-ring (bicyclic) bond motifs is 1. The van der Waals surface area contributed by atoms with Crippen molar-refractivity contribution in [3.8, 4) is 5.75 Å². The third-order valence-electron chi connectivity index (χ3n) is 4.52. The highest BCUT2D eigenvalue weighted by molar-refractivity contribution is 7.16. The van der Waals surface area contributed by atoms with Gasteiger partial charge in [-0.1, -0.05) is 6.07 Å². The van der Waals surface area contributed by atoms with Gasteiger partial charge >= 0.3 is 0 Å². The minimum Gasteiger partial charge on any atom is -0.497 e. The van der Waals surface area contributed by atoms with E-state index in [2.05, 4.69) is 20.5 Å². The zero-order valence-corrected chi connectivity index (χ0v) is 17.4. The molecule has 7 nitrogen and oxygen atoms in total. The lowest BCUT2D eigenvalue weighted by Crippen LogP contribution is -2.36. The maximum Gasteiger partial charge on any atom is 0.267 e. The van der Waals surface area contributed by atoms with Gasteiger partial charge in [0.15, 0.2) is 5.13 Å². The van der Waals surface area contributed by atoms with Crippen molar-refractivity contribution >= 4 is 45.3 Å². The summed E-state index contributed by atoms with van der Waals surface area (Å²) in [7, 11) is 1.61. The highest BCUT2D eigenvalue weighted by Crippen LogP contribution is 2.29. The molecule has 9 heteroatoms. The first kappa shape index (κ1) is 19.6. The van der Waals surface area contributed by atoms with Crippen LogP contribution >= 0.6 is 22.7 Å². The Morgan fingerprint density at radius 1 is 1.21 bits per heavy atom. The van der Waals surface area contributed by atoms with Crippen LogP contribution in [0.5, 0.6) is 5.75 Å². The number of ether oxygens (including phenoxy) is 1. The zero-order valence-electron chi connectivity index (χ0n) is 15.8. The fourth-order valence-electron chi connectivity index (χ4n) is 3.08. The average molecular weight is 429 g/mol. The number of rotatable bonds is 6. The van der Waals surface area contributed by atoms with Gasteiger partial charge in [0, 0.05) is 30.1 Å². The second-order valence-corrected chi connectivity index (χ2v) is 8.59. The number of nitrogens with zero attached hydrogens (tertiary/aromatic N) is 2. The first-order chi connectivity index (χ1) is 14.1. The van der Waals surface area contributed by atoms with E-state index in [1.54, 1.807) is 13.2 Å². The standard InChI is InChI=1S/C20H20N4O3S2/c1-27-14-6-4-13(5-7-14)21-18(25)12-24-9-8-15-17(11-24)29-20(22-15)23-19(26)16-3-2-10-28-16/h2-7,10H,8-9,11-12H2,1H3,(H,21,25)(H,22,23,26). The molecule has 0 atom stereocenters. The van der Waals surface area contributed by atoms with E-state index in [1.807, 2.05) is 35.7 Å². The molecule has 1 aliphatic rings. The summed E-state index contributed by atoms with van der Waals surface area (Å²) in [6.45, 7) is 1.71. The van der Waals surface area contributed by atoms with Crippen molar-refractivity contribution in [2.45, 2.75) is 13.0 Å². The molecule has 29 heavy (non-hydrogen) atoms. The van der Waals surface area contributed by atoms with E-state index in [1.165, 1.54) is 22.7 Å². The van der Waals surface area contributed by atoms with Gasteiger partial charge in [-0.05, 0) is 35.7 Å². The number of amides is 2. The second kappa shape index (κ2) is 8.73. The number of carbonyl (C=O) groups excluding carboxylic acids is 2. The predicted octanol–water partition coefficient (Wildman–Crippen LogP) is 3.46. The number of nitrogens with one attached hydrogen (secondary N) is 2. The molecule has 0 aliphatic carbocycles. The number of thiophene rings is 1. The summed E-state index contributed by atoms with van der Waals surface area (Å²) in [5.74, 6) is 0.551. The number of benzene rings is 1. The normalized spacial score (nSPS) is 13.6. The van der Waals surface area contributed by atoms with Crippen LogP contribution < -0.4 is 15.4 Å². The summed E-state index contributed by atoms with van der Waals surface area (Å²) in [6, 6.07) is 10.9. The lowest BCUT2D eigenvalue weighted by atomic mass is 10.2. The van der Waals surface area contributed by atoms with E-state index in [0.717, 1.165) is 35.0 Å². The van der Waals surface area contributed by atoms with Gasteiger partial charge in [-0.3, -0.25) is 19.8 Å². The number of methoxy groups -OCH3 is 1. The average Bonchev–Trinajstić information content (AvgIpc) is 3.37. The molecule has 0 unspecified atom stereocenters. The van der Waals surface area contributed by atoms with Crippen LogP contribution in [0.1, 0.15) is 20.2 Å². The van der Waals surface area contributed by atoms with Gasteiger partial charge in [0.05, 0.1) is 24.2 Å². The molecule has 0 spiro atoms. The Morgan fingerprint density at radius 2 is 2.03 bits per heavy atom. The summed E-state index contributed by atoms with van der Waals surface area (Å²) in [5.41, 5.74) is 1.74. The fourth-order valence-corrected chi connectivity index (χ4v) is 4.75. The molecule has 3 aromatic rings. The molecule has 3 heterocycles. The van der Waals surface area contributed by atoms with E-state index >= 15 is 0 Å². The van der Waals surface area contributed by atoms with Gasteiger partial charge in [0.1, 0.15) is 5.75 Å². The van der Waals surface area contributed by atoms with Crippen LogP contribution in [0.3, 0.4) is 0 Å². The third kappa shape index (κ3) is 4.81. The van der Waals surface area contributed by atoms with Crippen molar-refractivity contribution in [3.63, 3.8) is 0 Å². The molecular formula is C20H20N4O3S2. The molecule has 2 amide bonds. The number of hydrogen-bond acceptors (Lipinski definition) is 7. The summed E-state index contributed by atoms with van der Waals surface area (Å²) >= 11 is 2.87. The van der Waals surface area contributed by atoms with Gasteiger partial charge in [-0.15, -0.1) is 22.7 Å². The van der Waals surface area contributed by atoms with E-state index in [9.17, 15) is 9.59 Å². The highest BCUT2D eigenvalue weighted by Gasteiger charge is 2.23. The van der Waals surface area contributed by atoms with E-state index in [-0.39, 0.29) is 11.8 Å². The molecule has 4 rings (SSSR count). The smallest absolute Gasteiger partial charge is 0.267 e. The molecule has 0 radical (unpaired) electrons. The molecule has 2 aromatic heterocycles. The van der Waals surface area contributed by atoms with Gasteiger partial charge < -0.3 is 10.1 Å². The lowest BCUT2D eigenvalue weighted by Gasteiger charge is -2.25. The minimum atomic E-state index is -0.137. The molecule has 0 fully saturated rings. The van der Waals surface area contributed by atoms with Crippen molar-refractivity contribution < 1.29 is 14.3 Å². The largest absolute Gasteiger partial charge is 0.497 e. The molecule has 150 valence electrons. The summed E-state index contributed by atoms with van der Waals surface area (Å²) in [4.78, 5) is 33.0. The fraction of sp³-hybridized carbons (Fsp3) is 0.250. The molecular weight excluding hydrogens is 408 g/mol. The van der Waals surface area contributed by atoms with Crippen LogP contribution in [0.4, 0.5) is 10.8 Å². The molecule has 1 aromatic carbocycles. The monoisotopic (exact) mass is 428 g/mol. The zero-order chi connectivity index (χ0) is 20.2. The number of anilines is 2. The first-order valence-electron chi connectivity index (χ1n) is 9.10. The number of thiazole rings is 1. The van der Waals surface area contributed by atoms with Crippen LogP contribution in [0, 0.1) is 0 Å². The second-order valence-electron chi connectivity index (χ2n) is 6.56. The summed E-state index contributed by atoms with van der Waals surface area (Å²) in [6.07, 6.45) is 0.760. The van der Waals surface area contributed by atoms with Gasteiger partial charge in [-0.25, -0.2) is 4.98 Å². The van der Waals surface area contributed by atoms with Gasteiger partial charge in [0.25, 0.3) is 5.91 Å². The minimum absolute atomic E-state index is 0.0608. The Balaban J connectivity index is 1.32. The van der Waals surface area contributed by atoms with Crippen molar-refractivity contribution in [1.82, 2.24) is 9.88 Å². The molecule has 0 bridgehead atoms. The Kier molecular flexibility index (Phi) is 5.89. The maximum atomic E-state index is 12.4. The quantitative estimate of drug-likeness (QED) is 0.628. The van der Waals surface area contributed by atoms with Crippen LogP contribution in [0.2, 0.25) is 0 Å². The van der Waals surface area contributed by atoms with Crippen LogP contribution in [-0.4, -0.2) is 41.9 Å². The highest BCUT2D eigenvalue weighted by atomic mass is 32.1. The Hall–Kier alpha value is -2.75. The lowest BCUT2D eigenvalue weighted by molar-refractivity contribution is -0.117. The van der Waals surface area contributed by atoms with E-state index in [0.29, 0.717) is 23.1 Å². The van der Waals surface area contributed by atoms with Crippen LogP contribution in [0.25, 0.3) is 0 Å². The summed E-state index contributed by atoms with van der Waals surface area (Å²) < 4.78 is 5.12. The van der Waals surface area contributed by atoms with Crippen molar-refractivity contribution in [2.75, 3.05) is 30.8 Å². The number of carbonyl (C=O) groups is 2. The Bertz CT molecular complexity index is 999. The topological polar surface area (TPSA) is 83.6 Å². The SMILES string of the molecule is COc1ccc(NC(=O)CN2CCc3nc(NC(=O)c4cccs4)sc3C2)cc1. The van der Waals surface area contributed by atoms with Gasteiger partial charge in [0.2, 0.25) is 5.91 Å². The Morgan fingerprint density at radius 3 is 2.76 bits per heavy atom. The number of aromatic nitrogens is 1. The van der Waals surface area contributed by atoms with E-state index in [4.69, 9.17) is 4.74 Å². The van der Waals surface area contributed by atoms with Crippen LogP contribution in [-0.2, 0) is 17.8 Å². The van der Waals surface area contributed by atoms with Crippen molar-refractivity contribution in [3.05, 3.63) is 57.2 Å². The van der Waals surface area contributed by atoms with Crippen molar-refractivity contribution in [1.29, 1.82) is 0 Å². The molecule has 1 aliphatic heterocycles. The van der Waals surface area contributed by atoms with Crippen molar-refractivity contribution in [2.24, 2.45) is 0 Å². The van der Waals surface area contributed by atoms with Gasteiger partial charge in [-0.2, -0.15) is 0 Å². The molecule has 2 N–H and O–H groups in total. The first-order valence-corrected chi connectivity index (χ1v) is 10.8. The van der Waals surface area contributed by atoms with Crippen LogP contribution in [0.15, 0.2) is 41.8 Å². The van der Waals surface area contributed by atoms with E-state index < -0.39 is 0 Å². The summed E-state index contributed by atoms with van der Waals surface area (Å²) in [5, 5.41) is 8.26. The number of hydrogen-bond donors (Lipinski definition) is 2. The maximum absolute atomic E-state index is 12.4. The molecule has 0 saturated heterocycles.